The van der Waals surface area contributed by atoms with Gasteiger partial charge >= 0.3 is 5.76 Å². The maximum absolute atomic E-state index is 12.5. The molecule has 128 valence electrons. The van der Waals surface area contributed by atoms with Crippen LogP contribution in [0.2, 0.25) is 0 Å². The highest BCUT2D eigenvalue weighted by molar-refractivity contribution is 6.04. The van der Waals surface area contributed by atoms with Gasteiger partial charge in [-0.25, -0.2) is 4.79 Å². The van der Waals surface area contributed by atoms with Gasteiger partial charge in [-0.05, 0) is 25.0 Å². The Bertz CT molecular complexity index is 821. The Morgan fingerprint density at radius 2 is 2.21 bits per heavy atom. The van der Waals surface area contributed by atoms with Gasteiger partial charge in [-0.1, -0.05) is 6.07 Å². The number of aromatic nitrogens is 1. The third-order valence-electron chi connectivity index (χ3n) is 4.79. The summed E-state index contributed by atoms with van der Waals surface area (Å²) in [7, 11) is 1.62. The van der Waals surface area contributed by atoms with Gasteiger partial charge in [0.05, 0.1) is 23.8 Å². The topological polar surface area (TPSA) is 76.7 Å². The molecule has 7 nitrogen and oxygen atoms in total. The quantitative estimate of drug-likeness (QED) is 0.893. The van der Waals surface area contributed by atoms with E-state index in [2.05, 4.69) is 10.2 Å². The van der Waals surface area contributed by atoms with Crippen molar-refractivity contribution >= 4 is 17.0 Å². The van der Waals surface area contributed by atoms with Crippen LogP contribution in [0.15, 0.2) is 27.4 Å². The van der Waals surface area contributed by atoms with Crippen molar-refractivity contribution < 1.29 is 13.9 Å². The Kier molecular flexibility index (Phi) is 3.90. The number of hydrogen-bond acceptors (Lipinski definition) is 5. The number of nitrogens with one attached hydrogen (secondary N) is 1. The van der Waals surface area contributed by atoms with Crippen molar-refractivity contribution in [1.29, 1.82) is 0 Å². The van der Waals surface area contributed by atoms with Gasteiger partial charge in [-0.2, -0.15) is 0 Å². The molecular weight excluding hydrogens is 310 g/mol. The summed E-state index contributed by atoms with van der Waals surface area (Å²) in [5.41, 5.74) is 1.31. The molecule has 2 aromatic rings. The highest BCUT2D eigenvalue weighted by Gasteiger charge is 2.33. The first-order valence-electron chi connectivity index (χ1n) is 8.36. The molecule has 1 N–H and O–H groups in total. The van der Waals surface area contributed by atoms with Crippen LogP contribution in [-0.2, 0) is 11.8 Å². The lowest BCUT2D eigenvalue weighted by atomic mass is 10.1. The largest absolute Gasteiger partial charge is 0.419 e. The zero-order chi connectivity index (χ0) is 16.7. The average Bonchev–Trinajstić information content (AvgIpc) is 3.40. The molecular formula is C17H21N3O4. The van der Waals surface area contributed by atoms with Crippen molar-refractivity contribution in [2.75, 3.05) is 26.2 Å². The van der Waals surface area contributed by atoms with Gasteiger partial charge in [0.1, 0.15) is 0 Å². The normalized spacial score (nSPS) is 22.0. The number of para-hydroxylation sites is 1. The van der Waals surface area contributed by atoms with Crippen molar-refractivity contribution in [3.05, 3.63) is 34.3 Å². The van der Waals surface area contributed by atoms with Crippen LogP contribution in [0.25, 0.3) is 11.1 Å². The molecule has 1 atom stereocenters. The smallest absolute Gasteiger partial charge is 0.407 e. The van der Waals surface area contributed by atoms with Gasteiger partial charge < -0.3 is 14.5 Å². The molecule has 4 rings (SSSR count). The second kappa shape index (κ2) is 6.07. The minimum atomic E-state index is -0.471. The molecule has 2 fully saturated rings. The molecule has 24 heavy (non-hydrogen) atoms. The number of ether oxygens (including phenoxy) is 1. The zero-order valence-corrected chi connectivity index (χ0v) is 13.7. The van der Waals surface area contributed by atoms with Crippen LogP contribution in [0.5, 0.6) is 0 Å². The molecule has 0 radical (unpaired) electrons. The van der Waals surface area contributed by atoms with Crippen LogP contribution in [0.4, 0.5) is 0 Å². The van der Waals surface area contributed by atoms with Crippen molar-refractivity contribution in [2.24, 2.45) is 7.05 Å². The Morgan fingerprint density at radius 1 is 1.38 bits per heavy atom. The standard InChI is InChI=1S/C17H21N3O4/c1-19-14-4-2-3-13(15(14)24-17(19)22)16(21)18-9-12-10-20(7-8-23-12)11-5-6-11/h2-4,11-12H,5-10H2,1H3,(H,18,21). The van der Waals surface area contributed by atoms with Crippen LogP contribution in [0.1, 0.15) is 23.2 Å². The Morgan fingerprint density at radius 3 is 3.00 bits per heavy atom. The first-order chi connectivity index (χ1) is 11.6. The molecule has 7 heteroatoms. The van der Waals surface area contributed by atoms with Gasteiger partial charge in [-0.3, -0.25) is 14.3 Å². The summed E-state index contributed by atoms with van der Waals surface area (Å²) in [5, 5.41) is 2.91. The van der Waals surface area contributed by atoms with Crippen molar-refractivity contribution in [2.45, 2.75) is 25.0 Å². The summed E-state index contributed by atoms with van der Waals surface area (Å²) in [6, 6.07) is 5.88. The predicted octanol–water partition coefficient (Wildman–Crippen LogP) is 0.724. The first kappa shape index (κ1) is 15.4. The molecule has 1 saturated heterocycles. The van der Waals surface area contributed by atoms with E-state index in [0.717, 1.165) is 13.1 Å². The van der Waals surface area contributed by atoms with E-state index in [-0.39, 0.29) is 12.0 Å². The number of rotatable bonds is 4. The first-order valence-corrected chi connectivity index (χ1v) is 8.36. The number of nitrogens with zero attached hydrogens (tertiary/aromatic N) is 2. The highest BCUT2D eigenvalue weighted by atomic mass is 16.5. The van der Waals surface area contributed by atoms with E-state index < -0.39 is 5.76 Å². The lowest BCUT2D eigenvalue weighted by Crippen LogP contribution is -2.48. The zero-order valence-electron chi connectivity index (χ0n) is 13.7. The number of aryl methyl sites for hydroxylation is 1. The fraction of sp³-hybridized carbons (Fsp3) is 0.529. The van der Waals surface area contributed by atoms with Crippen LogP contribution in [0, 0.1) is 0 Å². The van der Waals surface area contributed by atoms with E-state index in [1.165, 1.54) is 17.4 Å². The number of benzene rings is 1. The molecule has 2 aliphatic rings. The summed E-state index contributed by atoms with van der Waals surface area (Å²) in [5.74, 6) is -0.719. The van der Waals surface area contributed by atoms with Crippen LogP contribution in [-0.4, -0.2) is 53.8 Å². The number of hydrogen-bond donors (Lipinski definition) is 1. The van der Waals surface area contributed by atoms with E-state index in [1.54, 1.807) is 25.2 Å². The highest BCUT2D eigenvalue weighted by Crippen LogP contribution is 2.28. The summed E-state index contributed by atoms with van der Waals surface area (Å²) in [6.07, 6.45) is 2.55. The Balaban J connectivity index is 1.44. The molecule has 1 unspecified atom stereocenters. The summed E-state index contributed by atoms with van der Waals surface area (Å²) in [4.78, 5) is 26.6. The SMILES string of the molecule is Cn1c(=O)oc2c(C(=O)NCC3CN(C4CC4)CCO3)cccc21. The van der Waals surface area contributed by atoms with Gasteiger partial charge in [0.2, 0.25) is 0 Å². The third-order valence-corrected chi connectivity index (χ3v) is 4.79. The van der Waals surface area contributed by atoms with Gasteiger partial charge in [0.25, 0.3) is 5.91 Å². The van der Waals surface area contributed by atoms with Crippen LogP contribution >= 0.6 is 0 Å². The number of fused-ring (bicyclic) bond motifs is 1. The van der Waals surface area contributed by atoms with Crippen molar-refractivity contribution in [1.82, 2.24) is 14.8 Å². The third kappa shape index (κ3) is 2.85. The molecule has 1 aromatic heterocycles. The number of carbonyl (C=O) groups excluding carboxylic acids is 1. The fourth-order valence-electron chi connectivity index (χ4n) is 3.27. The Labute approximate surface area is 139 Å². The molecule has 1 aromatic carbocycles. The summed E-state index contributed by atoms with van der Waals surface area (Å²) < 4.78 is 12.3. The Hall–Kier alpha value is -2.12. The lowest BCUT2D eigenvalue weighted by molar-refractivity contribution is -0.0293. The van der Waals surface area contributed by atoms with Gasteiger partial charge in [0.15, 0.2) is 5.58 Å². The van der Waals surface area contributed by atoms with Gasteiger partial charge in [-0.15, -0.1) is 0 Å². The minimum Gasteiger partial charge on any atom is -0.407 e. The maximum atomic E-state index is 12.5. The number of oxazole rings is 1. The van der Waals surface area contributed by atoms with E-state index in [0.29, 0.717) is 35.9 Å². The molecule has 1 amide bonds. The summed E-state index contributed by atoms with van der Waals surface area (Å²) in [6.45, 7) is 2.99. The predicted molar refractivity (Wildman–Crippen MR) is 88.1 cm³/mol. The monoisotopic (exact) mass is 331 g/mol. The van der Waals surface area contributed by atoms with Crippen molar-refractivity contribution in [3.8, 4) is 0 Å². The van der Waals surface area contributed by atoms with Crippen LogP contribution < -0.4 is 11.1 Å². The molecule has 2 heterocycles. The van der Waals surface area contributed by atoms with Gasteiger partial charge in [0, 0.05) is 32.7 Å². The molecule has 0 spiro atoms. The maximum Gasteiger partial charge on any atom is 0.419 e. The number of carbonyl (C=O) groups is 1. The average molecular weight is 331 g/mol. The molecule has 1 saturated carbocycles. The number of amides is 1. The second-order valence-electron chi connectivity index (χ2n) is 6.51. The second-order valence-corrected chi connectivity index (χ2v) is 6.51. The molecule has 0 bridgehead atoms. The molecule has 1 aliphatic heterocycles. The summed E-state index contributed by atoms with van der Waals surface area (Å²) >= 11 is 0. The minimum absolute atomic E-state index is 0.00489. The van der Waals surface area contributed by atoms with Crippen LogP contribution in [0.3, 0.4) is 0 Å². The van der Waals surface area contributed by atoms with E-state index in [4.69, 9.17) is 9.15 Å². The van der Waals surface area contributed by atoms with E-state index in [1.807, 2.05) is 0 Å². The van der Waals surface area contributed by atoms with E-state index >= 15 is 0 Å². The molecule has 1 aliphatic carbocycles. The number of morpholine rings is 1. The van der Waals surface area contributed by atoms with E-state index in [9.17, 15) is 9.59 Å². The lowest BCUT2D eigenvalue weighted by Gasteiger charge is -2.33. The van der Waals surface area contributed by atoms with Crippen molar-refractivity contribution in [3.63, 3.8) is 0 Å². The fourth-order valence-corrected chi connectivity index (χ4v) is 3.27.